The molecular formula is C13H26N2O6. The van der Waals surface area contributed by atoms with Crippen molar-refractivity contribution < 1.29 is 28.5 Å². The summed E-state index contributed by atoms with van der Waals surface area (Å²) in [5, 5.41) is 0. The Morgan fingerprint density at radius 2 is 1.48 bits per heavy atom. The second-order valence-corrected chi connectivity index (χ2v) is 5.14. The Morgan fingerprint density at radius 1 is 0.905 bits per heavy atom. The fourth-order valence-electron chi connectivity index (χ4n) is 1.12. The first kappa shape index (κ1) is 19.6. The number of rotatable bonds is 9. The first-order chi connectivity index (χ1) is 9.85. The van der Waals surface area contributed by atoms with Gasteiger partial charge in [-0.05, 0) is 20.8 Å². The van der Waals surface area contributed by atoms with E-state index in [1.807, 2.05) is 0 Å². The lowest BCUT2D eigenvalue weighted by Crippen LogP contribution is -2.44. The Kier molecular flexibility index (Phi) is 10.6. The van der Waals surface area contributed by atoms with E-state index in [4.69, 9.17) is 18.9 Å². The topological polar surface area (TPSA) is 95.1 Å². The third kappa shape index (κ3) is 14.8. The zero-order valence-electron chi connectivity index (χ0n) is 13.2. The molecule has 0 aliphatic heterocycles. The van der Waals surface area contributed by atoms with Gasteiger partial charge in [-0.25, -0.2) is 10.2 Å². The van der Waals surface area contributed by atoms with E-state index in [1.165, 1.54) is 0 Å². The van der Waals surface area contributed by atoms with E-state index in [2.05, 4.69) is 10.9 Å². The minimum atomic E-state index is -0.705. The largest absolute Gasteiger partial charge is 0.443 e. The summed E-state index contributed by atoms with van der Waals surface area (Å²) in [6, 6.07) is 0. The lowest BCUT2D eigenvalue weighted by atomic mass is 10.2. The normalized spacial score (nSPS) is 11.0. The number of hydrogen-bond acceptors (Lipinski definition) is 6. The van der Waals surface area contributed by atoms with Crippen LogP contribution in [-0.4, -0.2) is 57.7 Å². The molecule has 8 nitrogen and oxygen atoms in total. The van der Waals surface area contributed by atoms with Crippen molar-refractivity contribution in [3.63, 3.8) is 0 Å². The van der Waals surface area contributed by atoms with Crippen molar-refractivity contribution in [1.29, 1.82) is 0 Å². The van der Waals surface area contributed by atoms with Crippen LogP contribution in [0.25, 0.3) is 0 Å². The third-order valence-corrected chi connectivity index (χ3v) is 1.98. The van der Waals surface area contributed by atoms with Crippen molar-refractivity contribution in [2.24, 2.45) is 0 Å². The van der Waals surface area contributed by atoms with Gasteiger partial charge in [0.2, 0.25) is 5.91 Å². The maximum atomic E-state index is 11.4. The van der Waals surface area contributed by atoms with Crippen LogP contribution >= 0.6 is 0 Å². The lowest BCUT2D eigenvalue weighted by molar-refractivity contribution is -0.123. The van der Waals surface area contributed by atoms with Gasteiger partial charge in [0.1, 0.15) is 5.60 Å². The summed E-state index contributed by atoms with van der Waals surface area (Å²) < 4.78 is 20.2. The highest BCUT2D eigenvalue weighted by molar-refractivity contribution is 5.79. The van der Waals surface area contributed by atoms with Crippen LogP contribution in [-0.2, 0) is 23.7 Å². The smallest absolute Gasteiger partial charge is 0.426 e. The number of carbonyl (C=O) groups excluding carboxylic acids is 2. The summed E-state index contributed by atoms with van der Waals surface area (Å²) in [5.41, 5.74) is 3.78. The zero-order valence-corrected chi connectivity index (χ0v) is 13.2. The SMILES string of the molecule is COCCOCCOCCC(=O)NNC(=O)OC(C)(C)C. The summed E-state index contributed by atoms with van der Waals surface area (Å²) in [6.07, 6.45) is -0.572. The van der Waals surface area contributed by atoms with E-state index in [0.29, 0.717) is 26.4 Å². The van der Waals surface area contributed by atoms with Crippen molar-refractivity contribution in [2.45, 2.75) is 32.8 Å². The molecule has 2 amide bonds. The summed E-state index contributed by atoms with van der Waals surface area (Å²) in [5.74, 6) is -0.360. The number of ether oxygens (including phenoxy) is 4. The number of methoxy groups -OCH3 is 1. The Hall–Kier alpha value is -1.38. The maximum absolute atomic E-state index is 11.4. The number of hydrazine groups is 1. The Morgan fingerprint density at radius 3 is 2.05 bits per heavy atom. The molecule has 0 bridgehead atoms. The van der Waals surface area contributed by atoms with Gasteiger partial charge in [-0.3, -0.25) is 10.2 Å². The van der Waals surface area contributed by atoms with Crippen molar-refractivity contribution in [3.8, 4) is 0 Å². The first-order valence-electron chi connectivity index (χ1n) is 6.77. The van der Waals surface area contributed by atoms with Gasteiger partial charge in [0.05, 0.1) is 39.5 Å². The molecule has 21 heavy (non-hydrogen) atoms. The molecule has 0 aromatic rings. The zero-order chi connectivity index (χ0) is 16.1. The minimum absolute atomic E-state index is 0.133. The molecule has 0 aromatic carbocycles. The molecule has 0 aliphatic carbocycles. The fraction of sp³-hybridized carbons (Fsp3) is 0.846. The Balaban J connectivity index is 3.44. The van der Waals surface area contributed by atoms with E-state index in [1.54, 1.807) is 27.9 Å². The van der Waals surface area contributed by atoms with Crippen molar-refractivity contribution >= 4 is 12.0 Å². The quantitative estimate of drug-likeness (QED) is 0.479. The van der Waals surface area contributed by atoms with Gasteiger partial charge in [-0.2, -0.15) is 0 Å². The third-order valence-electron chi connectivity index (χ3n) is 1.98. The summed E-state index contributed by atoms with van der Waals surface area (Å²) in [7, 11) is 1.60. The van der Waals surface area contributed by atoms with Gasteiger partial charge >= 0.3 is 6.09 Å². The number of hydrogen-bond donors (Lipinski definition) is 2. The van der Waals surface area contributed by atoms with Gasteiger partial charge in [0, 0.05) is 7.11 Å². The molecule has 0 aromatic heterocycles. The molecule has 0 heterocycles. The Labute approximate surface area is 125 Å². The molecule has 8 heteroatoms. The van der Waals surface area contributed by atoms with Crippen LogP contribution in [0.3, 0.4) is 0 Å². The van der Waals surface area contributed by atoms with Gasteiger partial charge < -0.3 is 18.9 Å². The van der Waals surface area contributed by atoms with E-state index in [-0.39, 0.29) is 18.9 Å². The predicted molar refractivity (Wildman–Crippen MR) is 75.6 cm³/mol. The van der Waals surface area contributed by atoms with Crippen LogP contribution in [0.2, 0.25) is 0 Å². The van der Waals surface area contributed by atoms with E-state index < -0.39 is 11.7 Å². The standard InChI is InChI=1S/C13H26N2O6/c1-13(2,3)21-12(17)15-14-11(16)5-6-19-9-10-20-8-7-18-4/h5-10H2,1-4H3,(H,14,16)(H,15,17). The molecule has 0 spiro atoms. The summed E-state index contributed by atoms with van der Waals surface area (Å²) >= 11 is 0. The molecule has 0 radical (unpaired) electrons. The van der Waals surface area contributed by atoms with Gasteiger partial charge in [-0.1, -0.05) is 0 Å². The highest BCUT2D eigenvalue weighted by Gasteiger charge is 2.16. The predicted octanol–water partition coefficient (Wildman–Crippen LogP) is 0.612. The van der Waals surface area contributed by atoms with Gasteiger partial charge in [-0.15, -0.1) is 0 Å². The number of carbonyl (C=O) groups is 2. The summed E-state index contributed by atoms with van der Waals surface area (Å²) in [4.78, 5) is 22.6. The van der Waals surface area contributed by atoms with Crippen LogP contribution in [0.5, 0.6) is 0 Å². The molecule has 0 saturated carbocycles. The van der Waals surface area contributed by atoms with Crippen molar-refractivity contribution in [3.05, 3.63) is 0 Å². The van der Waals surface area contributed by atoms with Crippen LogP contribution in [0.4, 0.5) is 4.79 Å². The van der Waals surface area contributed by atoms with Gasteiger partial charge in [0.25, 0.3) is 0 Å². The fourth-order valence-corrected chi connectivity index (χ4v) is 1.12. The van der Waals surface area contributed by atoms with E-state index in [0.717, 1.165) is 0 Å². The highest BCUT2D eigenvalue weighted by atomic mass is 16.6. The number of nitrogens with one attached hydrogen (secondary N) is 2. The maximum Gasteiger partial charge on any atom is 0.426 e. The van der Waals surface area contributed by atoms with Crippen molar-refractivity contribution in [1.82, 2.24) is 10.9 Å². The summed E-state index contributed by atoms with van der Waals surface area (Å²) in [6.45, 7) is 7.34. The molecule has 0 unspecified atom stereocenters. The van der Waals surface area contributed by atoms with Crippen LogP contribution < -0.4 is 10.9 Å². The molecule has 0 rings (SSSR count). The molecule has 0 fully saturated rings. The van der Waals surface area contributed by atoms with Crippen LogP contribution in [0.15, 0.2) is 0 Å². The molecule has 2 N–H and O–H groups in total. The second kappa shape index (κ2) is 11.3. The monoisotopic (exact) mass is 306 g/mol. The first-order valence-corrected chi connectivity index (χ1v) is 6.77. The Bertz CT molecular complexity index is 304. The molecule has 124 valence electrons. The molecular weight excluding hydrogens is 280 g/mol. The highest BCUT2D eigenvalue weighted by Crippen LogP contribution is 2.05. The van der Waals surface area contributed by atoms with E-state index >= 15 is 0 Å². The van der Waals surface area contributed by atoms with Gasteiger partial charge in [0.15, 0.2) is 0 Å². The molecule has 0 saturated heterocycles. The van der Waals surface area contributed by atoms with Crippen LogP contribution in [0, 0.1) is 0 Å². The lowest BCUT2D eigenvalue weighted by Gasteiger charge is -2.19. The van der Waals surface area contributed by atoms with E-state index in [9.17, 15) is 9.59 Å². The average molecular weight is 306 g/mol. The van der Waals surface area contributed by atoms with Crippen molar-refractivity contribution in [2.75, 3.05) is 40.1 Å². The number of amides is 2. The average Bonchev–Trinajstić information content (AvgIpc) is 2.37. The molecule has 0 atom stereocenters. The second-order valence-electron chi connectivity index (χ2n) is 5.14. The minimum Gasteiger partial charge on any atom is -0.443 e. The van der Waals surface area contributed by atoms with Crippen LogP contribution in [0.1, 0.15) is 27.2 Å². The molecule has 0 aliphatic rings.